The van der Waals surface area contributed by atoms with Crippen LogP contribution >= 0.6 is 11.6 Å². The Kier molecular flexibility index (Phi) is 1.87. The molecule has 0 saturated carbocycles. The first-order valence-corrected chi connectivity index (χ1v) is 2.95. The zero-order chi connectivity index (χ0) is 7.56. The lowest BCUT2D eigenvalue weighted by molar-refractivity contribution is 0.476. The molecule has 0 aliphatic rings. The van der Waals surface area contributed by atoms with Crippen LogP contribution in [0.5, 0.6) is 5.75 Å². The van der Waals surface area contributed by atoms with Gasteiger partial charge < -0.3 is 5.11 Å². The van der Waals surface area contributed by atoms with Gasteiger partial charge in [-0.2, -0.15) is 0 Å². The normalized spacial score (nSPS) is 9.30. The molecule has 3 nitrogen and oxygen atoms in total. The van der Waals surface area contributed by atoms with E-state index in [0.717, 1.165) is 0 Å². The van der Waals surface area contributed by atoms with E-state index in [2.05, 4.69) is 5.11 Å². The highest BCUT2D eigenvalue weighted by molar-refractivity contribution is 6.30. The molecule has 51 valence electrons. The molecule has 0 fully saturated rings. The minimum absolute atomic E-state index is 0.0764. The summed E-state index contributed by atoms with van der Waals surface area (Å²) in [7, 11) is 0. The third kappa shape index (κ3) is 1.25. The second-order valence-electron chi connectivity index (χ2n) is 1.73. The van der Waals surface area contributed by atoms with Gasteiger partial charge in [0, 0.05) is 5.02 Å². The molecule has 1 aromatic rings. The lowest BCUT2D eigenvalue weighted by atomic mass is 10.3. The highest BCUT2D eigenvalue weighted by atomic mass is 35.5. The van der Waals surface area contributed by atoms with Gasteiger partial charge in [-0.3, -0.25) is 0 Å². The fourth-order valence-electron chi connectivity index (χ4n) is 0.577. The lowest BCUT2D eigenvalue weighted by Gasteiger charge is -1.94. The Balaban J connectivity index is 3.21. The second kappa shape index (κ2) is 2.66. The van der Waals surface area contributed by atoms with Gasteiger partial charge in [0.05, 0.1) is 0 Å². The Morgan fingerprint density at radius 2 is 2.20 bits per heavy atom. The first-order valence-electron chi connectivity index (χ1n) is 2.57. The first-order chi connectivity index (χ1) is 4.74. The van der Waals surface area contributed by atoms with E-state index in [1.54, 1.807) is 0 Å². The van der Waals surface area contributed by atoms with Crippen molar-refractivity contribution in [3.63, 3.8) is 0 Å². The van der Waals surface area contributed by atoms with Crippen LogP contribution in [0.15, 0.2) is 23.3 Å². The summed E-state index contributed by atoms with van der Waals surface area (Å²) in [5.74, 6) is -0.0908. The van der Waals surface area contributed by atoms with Gasteiger partial charge in [-0.15, -0.1) is 5.11 Å². The quantitative estimate of drug-likeness (QED) is 0.619. The molecule has 0 atom stereocenters. The molecule has 1 rings (SSSR count). The lowest BCUT2D eigenvalue weighted by Crippen LogP contribution is -1.67. The van der Waals surface area contributed by atoms with Crippen molar-refractivity contribution < 1.29 is 5.11 Å². The smallest absolute Gasteiger partial charge is 0.143 e. The van der Waals surface area contributed by atoms with Crippen molar-refractivity contribution in [3.8, 4) is 5.75 Å². The molecule has 1 aromatic carbocycles. The molecule has 0 aliphatic carbocycles. The van der Waals surface area contributed by atoms with Crippen LogP contribution in [-0.2, 0) is 0 Å². The Morgan fingerprint density at radius 3 is 2.70 bits per heavy atom. The van der Waals surface area contributed by atoms with Gasteiger partial charge >= 0.3 is 0 Å². The van der Waals surface area contributed by atoms with Gasteiger partial charge in [0.2, 0.25) is 0 Å². The summed E-state index contributed by atoms with van der Waals surface area (Å²) >= 11 is 5.51. The Labute approximate surface area is 62.8 Å². The molecule has 0 bridgehead atoms. The van der Waals surface area contributed by atoms with Crippen molar-refractivity contribution >= 4 is 17.3 Å². The predicted molar refractivity (Wildman–Crippen MR) is 37.3 cm³/mol. The summed E-state index contributed by atoms with van der Waals surface area (Å²) in [6.07, 6.45) is 0. The molecular formula is C6H4ClN2O. The fraction of sp³-hybridized carbons (Fsp3) is 0. The maximum absolute atomic E-state index is 8.92. The average molecular weight is 156 g/mol. The molecule has 0 amide bonds. The number of nitrogens with zero attached hydrogens (tertiary/aromatic N) is 2. The van der Waals surface area contributed by atoms with Gasteiger partial charge in [0.25, 0.3) is 0 Å². The monoisotopic (exact) mass is 155 g/mol. The summed E-state index contributed by atoms with van der Waals surface area (Å²) in [5.41, 5.74) is 8.33. The summed E-state index contributed by atoms with van der Waals surface area (Å²) < 4.78 is 0. The van der Waals surface area contributed by atoms with E-state index in [0.29, 0.717) is 5.02 Å². The van der Waals surface area contributed by atoms with E-state index in [9.17, 15) is 0 Å². The predicted octanol–water partition coefficient (Wildman–Crippen LogP) is 1.93. The second-order valence-corrected chi connectivity index (χ2v) is 2.17. The Hall–Kier alpha value is -1.09. The van der Waals surface area contributed by atoms with Crippen LogP contribution in [0.4, 0.5) is 5.69 Å². The van der Waals surface area contributed by atoms with E-state index in [4.69, 9.17) is 22.2 Å². The van der Waals surface area contributed by atoms with Crippen LogP contribution in [0, 0.1) is 0 Å². The van der Waals surface area contributed by atoms with E-state index in [1.165, 1.54) is 18.2 Å². The standard InChI is InChI=1S/C6H4ClN2O/c7-4-1-2-6(10)5(3-4)9-8/h1-3,10H. The largest absolute Gasteiger partial charge is 0.506 e. The first kappa shape index (κ1) is 7.02. The fourth-order valence-corrected chi connectivity index (χ4v) is 0.743. The minimum Gasteiger partial charge on any atom is -0.506 e. The summed E-state index contributed by atoms with van der Waals surface area (Å²) in [6, 6.07) is 4.22. The third-order valence-electron chi connectivity index (χ3n) is 1.05. The van der Waals surface area contributed by atoms with Gasteiger partial charge in [0.1, 0.15) is 11.4 Å². The average Bonchev–Trinajstić information content (AvgIpc) is 1.94. The minimum atomic E-state index is -0.0908. The molecule has 0 aliphatic heterocycles. The van der Waals surface area contributed by atoms with Gasteiger partial charge in [-0.1, -0.05) is 11.6 Å². The number of hydrogen-bond donors (Lipinski definition) is 1. The highest BCUT2D eigenvalue weighted by Crippen LogP contribution is 2.28. The molecule has 10 heavy (non-hydrogen) atoms. The van der Waals surface area contributed by atoms with Gasteiger partial charge in [-0.05, 0) is 23.7 Å². The van der Waals surface area contributed by atoms with Crippen molar-refractivity contribution in [3.05, 3.63) is 23.2 Å². The molecule has 0 aromatic heterocycles. The van der Waals surface area contributed by atoms with Crippen molar-refractivity contribution in [2.75, 3.05) is 0 Å². The summed E-state index contributed by atoms with van der Waals surface area (Å²) in [6.45, 7) is 0. The molecule has 1 radical (unpaired) electrons. The van der Waals surface area contributed by atoms with E-state index >= 15 is 0 Å². The number of benzene rings is 1. The number of hydrogen-bond acceptors (Lipinski definition) is 2. The maximum Gasteiger partial charge on any atom is 0.143 e. The summed E-state index contributed by atoms with van der Waals surface area (Å²) in [5, 5.41) is 12.1. The third-order valence-corrected chi connectivity index (χ3v) is 1.28. The zero-order valence-electron chi connectivity index (χ0n) is 4.95. The SMILES string of the molecule is [N]=Nc1cc(Cl)ccc1O. The zero-order valence-corrected chi connectivity index (χ0v) is 5.71. The van der Waals surface area contributed by atoms with Crippen molar-refractivity contribution in [1.29, 1.82) is 0 Å². The van der Waals surface area contributed by atoms with E-state index in [1.807, 2.05) is 0 Å². The number of phenols is 1. The Bertz CT molecular complexity index is 262. The van der Waals surface area contributed by atoms with E-state index < -0.39 is 0 Å². The van der Waals surface area contributed by atoms with Crippen molar-refractivity contribution in [2.24, 2.45) is 5.11 Å². The van der Waals surface area contributed by atoms with Crippen LogP contribution in [0.2, 0.25) is 5.02 Å². The van der Waals surface area contributed by atoms with Crippen LogP contribution in [0.1, 0.15) is 0 Å². The van der Waals surface area contributed by atoms with Crippen molar-refractivity contribution in [2.45, 2.75) is 0 Å². The Morgan fingerprint density at radius 1 is 1.50 bits per heavy atom. The topological polar surface area (TPSA) is 54.9 Å². The molecular weight excluding hydrogens is 152 g/mol. The van der Waals surface area contributed by atoms with Gasteiger partial charge in [0.15, 0.2) is 0 Å². The molecule has 1 N–H and O–H groups in total. The number of rotatable bonds is 1. The van der Waals surface area contributed by atoms with E-state index in [-0.39, 0.29) is 11.4 Å². The highest BCUT2D eigenvalue weighted by Gasteiger charge is 1.98. The van der Waals surface area contributed by atoms with Crippen LogP contribution < -0.4 is 5.53 Å². The van der Waals surface area contributed by atoms with Crippen LogP contribution in [0.25, 0.3) is 0 Å². The number of halogens is 1. The molecule has 0 spiro atoms. The molecule has 0 heterocycles. The molecule has 0 saturated heterocycles. The van der Waals surface area contributed by atoms with Crippen molar-refractivity contribution in [1.82, 2.24) is 5.53 Å². The molecule has 0 unspecified atom stereocenters. The van der Waals surface area contributed by atoms with Crippen LogP contribution in [0.3, 0.4) is 0 Å². The number of phenolic OH excluding ortho intramolecular Hbond substituents is 1. The van der Waals surface area contributed by atoms with Gasteiger partial charge in [-0.25, -0.2) is 0 Å². The number of aromatic hydroxyl groups is 1. The summed E-state index contributed by atoms with van der Waals surface area (Å²) in [4.78, 5) is 0. The molecule has 4 heteroatoms. The maximum atomic E-state index is 8.92. The van der Waals surface area contributed by atoms with Crippen LogP contribution in [-0.4, -0.2) is 5.11 Å².